The van der Waals surface area contributed by atoms with Gasteiger partial charge in [-0.1, -0.05) is 0 Å². The maximum atomic E-state index is 12.3. The van der Waals surface area contributed by atoms with Gasteiger partial charge in [0.15, 0.2) is 11.5 Å². The van der Waals surface area contributed by atoms with Crippen molar-refractivity contribution in [1.29, 1.82) is 0 Å². The van der Waals surface area contributed by atoms with Gasteiger partial charge in [-0.25, -0.2) is 9.67 Å². The van der Waals surface area contributed by atoms with Crippen LogP contribution >= 0.6 is 0 Å². The molecular formula is C15H14N6O3. The number of carbonyl (C=O) groups is 1. The topological polar surface area (TPSA) is 104 Å². The van der Waals surface area contributed by atoms with Crippen molar-refractivity contribution in [1.82, 2.24) is 25.0 Å². The highest BCUT2D eigenvalue weighted by atomic mass is 16.5. The lowest BCUT2D eigenvalue weighted by Gasteiger charge is -2.09. The van der Waals surface area contributed by atoms with Crippen molar-refractivity contribution in [2.75, 3.05) is 19.5 Å². The summed E-state index contributed by atoms with van der Waals surface area (Å²) >= 11 is 0. The second-order valence-electron chi connectivity index (χ2n) is 4.67. The first-order valence-electron chi connectivity index (χ1n) is 6.93. The number of aromatic nitrogens is 5. The van der Waals surface area contributed by atoms with E-state index in [0.29, 0.717) is 23.0 Å². The fourth-order valence-corrected chi connectivity index (χ4v) is 1.97. The van der Waals surface area contributed by atoms with Gasteiger partial charge in [0.05, 0.1) is 14.2 Å². The second-order valence-corrected chi connectivity index (χ2v) is 4.67. The zero-order chi connectivity index (χ0) is 16.9. The second kappa shape index (κ2) is 6.73. The molecule has 1 aromatic carbocycles. The van der Waals surface area contributed by atoms with E-state index < -0.39 is 5.91 Å². The molecule has 3 rings (SSSR count). The van der Waals surface area contributed by atoms with Crippen LogP contribution in [0.2, 0.25) is 0 Å². The van der Waals surface area contributed by atoms with E-state index in [-0.39, 0.29) is 5.69 Å². The Morgan fingerprint density at radius 1 is 1.08 bits per heavy atom. The molecule has 2 heterocycles. The van der Waals surface area contributed by atoms with Crippen LogP contribution in [0.1, 0.15) is 10.5 Å². The number of rotatable bonds is 5. The van der Waals surface area contributed by atoms with Gasteiger partial charge in [-0.2, -0.15) is 5.10 Å². The number of ether oxygens (including phenoxy) is 2. The van der Waals surface area contributed by atoms with Crippen LogP contribution in [0.25, 0.3) is 5.82 Å². The van der Waals surface area contributed by atoms with E-state index >= 15 is 0 Å². The molecule has 0 spiro atoms. The lowest BCUT2D eigenvalue weighted by Crippen LogP contribution is -2.15. The minimum Gasteiger partial charge on any atom is -0.497 e. The van der Waals surface area contributed by atoms with Crippen LogP contribution in [-0.4, -0.2) is 45.1 Å². The molecule has 3 aromatic rings. The van der Waals surface area contributed by atoms with Gasteiger partial charge in [0.1, 0.15) is 24.2 Å². The Labute approximate surface area is 137 Å². The first-order chi connectivity index (χ1) is 11.7. The van der Waals surface area contributed by atoms with Gasteiger partial charge >= 0.3 is 0 Å². The van der Waals surface area contributed by atoms with E-state index in [1.54, 1.807) is 30.3 Å². The van der Waals surface area contributed by atoms with Gasteiger partial charge < -0.3 is 14.8 Å². The third-order valence-corrected chi connectivity index (χ3v) is 3.15. The highest BCUT2D eigenvalue weighted by Gasteiger charge is 2.11. The maximum absolute atomic E-state index is 12.3. The van der Waals surface area contributed by atoms with Gasteiger partial charge in [0.2, 0.25) is 0 Å². The highest BCUT2D eigenvalue weighted by molar-refractivity contribution is 6.03. The maximum Gasteiger partial charge on any atom is 0.276 e. The third kappa shape index (κ3) is 3.29. The Morgan fingerprint density at radius 2 is 1.83 bits per heavy atom. The van der Waals surface area contributed by atoms with Crippen molar-refractivity contribution in [3.63, 3.8) is 0 Å². The fraction of sp³-hybridized carbons (Fsp3) is 0.133. The van der Waals surface area contributed by atoms with Crippen LogP contribution in [-0.2, 0) is 0 Å². The molecule has 9 heteroatoms. The van der Waals surface area contributed by atoms with E-state index in [9.17, 15) is 4.79 Å². The number of nitrogens with one attached hydrogen (secondary N) is 1. The van der Waals surface area contributed by atoms with Crippen LogP contribution in [0.15, 0.2) is 43.0 Å². The van der Waals surface area contributed by atoms with E-state index in [1.165, 1.54) is 31.6 Å². The van der Waals surface area contributed by atoms with Crippen molar-refractivity contribution in [2.24, 2.45) is 0 Å². The molecule has 2 aromatic heterocycles. The largest absolute Gasteiger partial charge is 0.497 e. The van der Waals surface area contributed by atoms with Gasteiger partial charge in [-0.3, -0.25) is 4.79 Å². The summed E-state index contributed by atoms with van der Waals surface area (Å²) in [6.45, 7) is 0. The SMILES string of the molecule is COc1cc(NC(=O)c2ccc(-n3cncn3)nn2)cc(OC)c1. The summed E-state index contributed by atoms with van der Waals surface area (Å²) < 4.78 is 11.8. The molecule has 0 radical (unpaired) electrons. The molecule has 0 atom stereocenters. The molecule has 9 nitrogen and oxygen atoms in total. The van der Waals surface area contributed by atoms with Gasteiger partial charge in [-0.15, -0.1) is 10.2 Å². The summed E-state index contributed by atoms with van der Waals surface area (Å²) in [5.41, 5.74) is 0.694. The number of nitrogens with zero attached hydrogens (tertiary/aromatic N) is 5. The molecule has 0 unspecified atom stereocenters. The summed E-state index contributed by atoms with van der Waals surface area (Å²) in [5, 5.41) is 14.5. The Morgan fingerprint density at radius 3 is 2.38 bits per heavy atom. The Kier molecular flexibility index (Phi) is 4.32. The van der Waals surface area contributed by atoms with Crippen molar-refractivity contribution in [2.45, 2.75) is 0 Å². The smallest absolute Gasteiger partial charge is 0.276 e. The normalized spacial score (nSPS) is 10.2. The Hall–Kier alpha value is -3.49. The standard InChI is InChI=1S/C15H14N6O3/c1-23-11-5-10(6-12(7-11)24-2)18-15(22)13-3-4-14(20-19-13)21-9-16-8-17-21/h3-9H,1-2H3,(H,18,22). The summed E-state index contributed by atoms with van der Waals surface area (Å²) in [4.78, 5) is 16.1. The summed E-state index contributed by atoms with van der Waals surface area (Å²) in [7, 11) is 3.07. The predicted molar refractivity (Wildman–Crippen MR) is 84.4 cm³/mol. The molecule has 0 bridgehead atoms. The first-order valence-corrected chi connectivity index (χ1v) is 6.93. The predicted octanol–water partition coefficient (Wildman–Crippen LogP) is 1.33. The van der Waals surface area contributed by atoms with Crippen LogP contribution in [0.5, 0.6) is 11.5 Å². The monoisotopic (exact) mass is 326 g/mol. The lowest BCUT2D eigenvalue weighted by molar-refractivity contribution is 0.102. The molecule has 0 saturated carbocycles. The number of carbonyl (C=O) groups excluding carboxylic acids is 1. The van der Waals surface area contributed by atoms with Crippen LogP contribution in [0.4, 0.5) is 5.69 Å². The summed E-state index contributed by atoms with van der Waals surface area (Å²) in [6, 6.07) is 8.25. The molecular weight excluding hydrogens is 312 g/mol. The summed E-state index contributed by atoms with van der Waals surface area (Å²) in [6.07, 6.45) is 2.88. The molecule has 1 N–H and O–H groups in total. The van der Waals surface area contributed by atoms with Crippen molar-refractivity contribution >= 4 is 11.6 Å². The molecule has 1 amide bonds. The molecule has 0 aliphatic carbocycles. The molecule has 0 saturated heterocycles. The molecule has 0 fully saturated rings. The average molecular weight is 326 g/mol. The third-order valence-electron chi connectivity index (χ3n) is 3.15. The zero-order valence-electron chi connectivity index (χ0n) is 13.0. The van der Waals surface area contributed by atoms with E-state index in [4.69, 9.17) is 9.47 Å². The minimum absolute atomic E-state index is 0.167. The lowest BCUT2D eigenvalue weighted by atomic mass is 10.2. The quantitative estimate of drug-likeness (QED) is 0.754. The number of anilines is 1. The highest BCUT2D eigenvalue weighted by Crippen LogP contribution is 2.26. The number of amides is 1. The Bertz CT molecular complexity index is 811. The van der Waals surface area contributed by atoms with Crippen molar-refractivity contribution in [3.8, 4) is 17.3 Å². The van der Waals surface area contributed by atoms with E-state index in [2.05, 4.69) is 25.6 Å². The first kappa shape index (κ1) is 15.4. The van der Waals surface area contributed by atoms with Crippen LogP contribution in [0, 0.1) is 0 Å². The zero-order valence-corrected chi connectivity index (χ0v) is 13.0. The van der Waals surface area contributed by atoms with E-state index in [1.807, 2.05) is 0 Å². The average Bonchev–Trinajstić information content (AvgIpc) is 3.16. The van der Waals surface area contributed by atoms with Gasteiger partial charge in [-0.05, 0) is 12.1 Å². The molecule has 122 valence electrons. The molecule has 24 heavy (non-hydrogen) atoms. The van der Waals surface area contributed by atoms with Crippen molar-refractivity contribution < 1.29 is 14.3 Å². The van der Waals surface area contributed by atoms with Crippen molar-refractivity contribution in [3.05, 3.63) is 48.7 Å². The minimum atomic E-state index is -0.400. The number of methoxy groups -OCH3 is 2. The molecule has 0 aliphatic rings. The molecule has 0 aliphatic heterocycles. The fourth-order valence-electron chi connectivity index (χ4n) is 1.97. The van der Waals surface area contributed by atoms with E-state index in [0.717, 1.165) is 0 Å². The van der Waals surface area contributed by atoms with Gasteiger partial charge in [0.25, 0.3) is 5.91 Å². The van der Waals surface area contributed by atoms with Crippen LogP contribution in [0.3, 0.4) is 0 Å². The number of hydrogen-bond acceptors (Lipinski definition) is 7. The Balaban J connectivity index is 1.77. The number of benzene rings is 1. The van der Waals surface area contributed by atoms with Crippen LogP contribution < -0.4 is 14.8 Å². The number of hydrogen-bond donors (Lipinski definition) is 1. The van der Waals surface area contributed by atoms with Gasteiger partial charge in [0, 0.05) is 23.9 Å². The summed E-state index contributed by atoms with van der Waals surface area (Å²) in [5.74, 6) is 1.20.